The summed E-state index contributed by atoms with van der Waals surface area (Å²) in [5, 5.41) is 20.3. The summed E-state index contributed by atoms with van der Waals surface area (Å²) in [6.45, 7) is 5.03. The second-order valence-corrected chi connectivity index (χ2v) is 11.0. The van der Waals surface area contributed by atoms with Gasteiger partial charge in [-0.15, -0.1) is 0 Å². The molecule has 4 aromatic rings. The van der Waals surface area contributed by atoms with Gasteiger partial charge < -0.3 is 44.7 Å². The number of hydrogen-bond donors (Lipinski definition) is 3. The van der Waals surface area contributed by atoms with Crippen LogP contribution >= 0.6 is 0 Å². The molecule has 0 radical (unpaired) electrons. The standard InChI is InChI=1S/C34H41N9O7/c1-47-29-13-8-26(24-30(29)48-2)37-33-38-32(36-15-21-50-23-22-49-20-14-35-31(44)25-6-4-3-5-7-25)39-34(40-33)42-18-16-41(17-19-42)27-9-11-28(12-10-27)43(45)46/h3-13,24H,14-23H2,1-2H3,(H,35,44)(H2,36,37,38,39,40). The fourth-order valence-electron chi connectivity index (χ4n) is 5.12. The second-order valence-electron chi connectivity index (χ2n) is 11.0. The van der Waals surface area contributed by atoms with Crippen molar-refractivity contribution in [1.82, 2.24) is 20.3 Å². The third-order valence-electron chi connectivity index (χ3n) is 7.72. The van der Waals surface area contributed by atoms with Gasteiger partial charge in [-0.3, -0.25) is 14.9 Å². The van der Waals surface area contributed by atoms with Crippen molar-refractivity contribution in [2.75, 3.05) is 100 Å². The van der Waals surface area contributed by atoms with Crippen molar-refractivity contribution in [3.05, 3.63) is 88.5 Å². The highest BCUT2D eigenvalue weighted by molar-refractivity contribution is 5.94. The lowest BCUT2D eigenvalue weighted by molar-refractivity contribution is -0.384. The molecule has 16 heteroatoms. The van der Waals surface area contributed by atoms with E-state index >= 15 is 0 Å². The third-order valence-corrected chi connectivity index (χ3v) is 7.72. The molecule has 264 valence electrons. The topological polar surface area (TPSA) is 178 Å². The molecule has 5 rings (SSSR count). The Bertz CT molecular complexity index is 1690. The van der Waals surface area contributed by atoms with Gasteiger partial charge in [0.05, 0.1) is 45.6 Å². The predicted molar refractivity (Wildman–Crippen MR) is 189 cm³/mol. The van der Waals surface area contributed by atoms with Crippen LogP contribution in [0.2, 0.25) is 0 Å². The Morgan fingerprint density at radius 3 is 2.12 bits per heavy atom. The maximum atomic E-state index is 12.1. The molecule has 0 bridgehead atoms. The minimum Gasteiger partial charge on any atom is -0.493 e. The zero-order chi connectivity index (χ0) is 35.1. The predicted octanol–water partition coefficient (Wildman–Crippen LogP) is 3.74. The van der Waals surface area contributed by atoms with Crippen LogP contribution in [-0.2, 0) is 9.47 Å². The summed E-state index contributed by atoms with van der Waals surface area (Å²) in [5.74, 6) is 2.25. The summed E-state index contributed by atoms with van der Waals surface area (Å²) in [6.07, 6.45) is 0. The Hall–Kier alpha value is -5.74. The Labute approximate surface area is 289 Å². The largest absolute Gasteiger partial charge is 0.493 e. The lowest BCUT2D eigenvalue weighted by Gasteiger charge is -2.36. The Kier molecular flexibility index (Phi) is 12.9. The second kappa shape index (κ2) is 18.1. The highest BCUT2D eigenvalue weighted by Gasteiger charge is 2.22. The van der Waals surface area contributed by atoms with E-state index in [1.807, 2.05) is 24.3 Å². The van der Waals surface area contributed by atoms with Crippen LogP contribution in [0.3, 0.4) is 0 Å². The molecule has 0 spiro atoms. The van der Waals surface area contributed by atoms with Crippen molar-refractivity contribution in [2.45, 2.75) is 0 Å². The summed E-state index contributed by atoms with van der Waals surface area (Å²) in [4.78, 5) is 41.0. The van der Waals surface area contributed by atoms with Gasteiger partial charge in [0.2, 0.25) is 17.8 Å². The molecule has 0 aliphatic carbocycles. The third kappa shape index (κ3) is 10.1. The van der Waals surface area contributed by atoms with Gasteiger partial charge in [-0.05, 0) is 36.4 Å². The number of ether oxygens (including phenoxy) is 4. The van der Waals surface area contributed by atoms with Crippen molar-refractivity contribution >= 4 is 40.8 Å². The number of hydrogen-bond acceptors (Lipinski definition) is 14. The lowest BCUT2D eigenvalue weighted by atomic mass is 10.2. The number of nitrogens with one attached hydrogen (secondary N) is 3. The van der Waals surface area contributed by atoms with Gasteiger partial charge >= 0.3 is 0 Å². The molecular weight excluding hydrogens is 646 g/mol. The Balaban J connectivity index is 1.13. The monoisotopic (exact) mass is 687 g/mol. The van der Waals surface area contributed by atoms with Crippen molar-refractivity contribution in [3.8, 4) is 11.5 Å². The van der Waals surface area contributed by atoms with Crippen molar-refractivity contribution in [1.29, 1.82) is 0 Å². The van der Waals surface area contributed by atoms with Crippen LogP contribution in [0.5, 0.6) is 11.5 Å². The number of anilines is 5. The van der Waals surface area contributed by atoms with Crippen LogP contribution < -0.4 is 35.2 Å². The van der Waals surface area contributed by atoms with Crippen LogP contribution in [0.1, 0.15) is 10.4 Å². The van der Waals surface area contributed by atoms with E-state index in [0.29, 0.717) is 106 Å². The molecular formula is C34H41N9O7. The number of carbonyl (C=O) groups is 1. The van der Waals surface area contributed by atoms with Crippen LogP contribution in [0.15, 0.2) is 72.8 Å². The van der Waals surface area contributed by atoms with Crippen LogP contribution in [0, 0.1) is 10.1 Å². The van der Waals surface area contributed by atoms with Gasteiger partial charge in [-0.25, -0.2) is 0 Å². The van der Waals surface area contributed by atoms with E-state index in [-0.39, 0.29) is 11.6 Å². The van der Waals surface area contributed by atoms with Gasteiger partial charge in [-0.1, -0.05) is 18.2 Å². The molecule has 1 fully saturated rings. The molecule has 1 aliphatic rings. The number of benzene rings is 3. The molecule has 0 atom stereocenters. The first-order valence-corrected chi connectivity index (χ1v) is 16.2. The van der Waals surface area contributed by atoms with Gasteiger partial charge in [0.15, 0.2) is 11.5 Å². The SMILES string of the molecule is COc1ccc(Nc2nc(NCCOCCOCCNC(=O)c3ccccc3)nc(N3CCN(c4ccc([N+](=O)[O-])cc4)CC3)n2)cc1OC. The van der Waals surface area contributed by atoms with Gasteiger partial charge in [-0.2, -0.15) is 15.0 Å². The number of nitro benzene ring substituents is 1. The summed E-state index contributed by atoms with van der Waals surface area (Å²) < 4.78 is 22.1. The van der Waals surface area contributed by atoms with Crippen LogP contribution in [0.25, 0.3) is 0 Å². The molecule has 3 N–H and O–H groups in total. The molecule has 2 heterocycles. The Morgan fingerprint density at radius 2 is 1.44 bits per heavy atom. The molecule has 50 heavy (non-hydrogen) atoms. The molecule has 3 aromatic carbocycles. The zero-order valence-electron chi connectivity index (χ0n) is 28.0. The normalized spacial score (nSPS) is 12.7. The summed E-state index contributed by atoms with van der Waals surface area (Å²) in [7, 11) is 3.15. The average Bonchev–Trinajstić information content (AvgIpc) is 3.15. The fraction of sp³-hybridized carbons (Fsp3) is 0.353. The number of amides is 1. The van der Waals surface area contributed by atoms with Crippen LogP contribution in [0.4, 0.5) is 34.9 Å². The zero-order valence-corrected chi connectivity index (χ0v) is 28.0. The summed E-state index contributed by atoms with van der Waals surface area (Å²) in [5.41, 5.74) is 2.30. The molecule has 16 nitrogen and oxygen atoms in total. The minimum absolute atomic E-state index is 0.0623. The van der Waals surface area contributed by atoms with Gasteiger partial charge in [0.25, 0.3) is 11.6 Å². The molecule has 1 saturated heterocycles. The number of carbonyl (C=O) groups excluding carboxylic acids is 1. The number of nitro groups is 1. The van der Waals surface area contributed by atoms with E-state index in [0.717, 1.165) is 5.69 Å². The number of nitrogens with zero attached hydrogens (tertiary/aromatic N) is 6. The van der Waals surface area contributed by atoms with E-state index in [9.17, 15) is 14.9 Å². The highest BCUT2D eigenvalue weighted by atomic mass is 16.6. The quantitative estimate of drug-likeness (QED) is 0.0783. The minimum atomic E-state index is -0.401. The van der Waals surface area contributed by atoms with Gasteiger partial charge in [0.1, 0.15) is 0 Å². The number of rotatable bonds is 18. The smallest absolute Gasteiger partial charge is 0.269 e. The van der Waals surface area contributed by atoms with E-state index in [4.69, 9.17) is 28.9 Å². The van der Waals surface area contributed by atoms with Gasteiger partial charge in [0, 0.05) is 74.4 Å². The van der Waals surface area contributed by atoms with Crippen molar-refractivity contribution in [3.63, 3.8) is 0 Å². The summed E-state index contributed by atoms with van der Waals surface area (Å²) in [6, 6.07) is 21.0. The maximum Gasteiger partial charge on any atom is 0.269 e. The van der Waals surface area contributed by atoms with E-state index in [1.54, 1.807) is 50.6 Å². The number of aromatic nitrogens is 3. The number of methoxy groups -OCH3 is 2. The summed E-state index contributed by atoms with van der Waals surface area (Å²) >= 11 is 0. The first-order chi connectivity index (χ1) is 24.4. The van der Waals surface area contributed by atoms with Crippen molar-refractivity contribution in [2.24, 2.45) is 0 Å². The van der Waals surface area contributed by atoms with E-state index < -0.39 is 4.92 Å². The number of non-ortho nitro benzene ring substituents is 1. The molecule has 1 aromatic heterocycles. The molecule has 1 amide bonds. The average molecular weight is 688 g/mol. The van der Waals surface area contributed by atoms with Crippen LogP contribution in [-0.4, -0.2) is 106 Å². The maximum absolute atomic E-state index is 12.1. The molecule has 0 saturated carbocycles. The molecule has 0 unspecified atom stereocenters. The lowest BCUT2D eigenvalue weighted by Crippen LogP contribution is -2.47. The first-order valence-electron chi connectivity index (χ1n) is 16.2. The molecule has 1 aliphatic heterocycles. The highest BCUT2D eigenvalue weighted by Crippen LogP contribution is 2.31. The Morgan fingerprint density at radius 1 is 0.780 bits per heavy atom. The fourth-order valence-corrected chi connectivity index (χ4v) is 5.12. The number of piperazine rings is 1. The first kappa shape index (κ1) is 35.6. The van der Waals surface area contributed by atoms with E-state index in [1.165, 1.54) is 12.1 Å². The van der Waals surface area contributed by atoms with Crippen molar-refractivity contribution < 1.29 is 28.7 Å². The van der Waals surface area contributed by atoms with E-state index in [2.05, 4.69) is 30.7 Å².